The second kappa shape index (κ2) is 7.21. The highest BCUT2D eigenvalue weighted by molar-refractivity contribution is 7.10. The fourth-order valence-electron chi connectivity index (χ4n) is 3.71. The Bertz CT molecular complexity index is 1110. The minimum absolute atomic E-state index is 0.0133. The van der Waals surface area contributed by atoms with Crippen molar-refractivity contribution in [2.75, 3.05) is 13.7 Å². The molecule has 1 N–H and O–H groups in total. The lowest BCUT2D eigenvalue weighted by Crippen LogP contribution is -2.33. The number of aromatic nitrogens is 3. The number of aryl methyl sites for hydroxylation is 1. The molecule has 0 aliphatic heterocycles. The van der Waals surface area contributed by atoms with Crippen LogP contribution in [0.25, 0.3) is 11.0 Å². The largest absolute Gasteiger partial charge is 0.385 e. The maximum Gasteiger partial charge on any atom is 0.329 e. The minimum Gasteiger partial charge on any atom is -0.385 e. The number of fused-ring (bicyclic) bond motifs is 3. The van der Waals surface area contributed by atoms with Gasteiger partial charge in [0.15, 0.2) is 5.78 Å². The lowest BCUT2D eigenvalue weighted by molar-refractivity contribution is 0.0964. The number of carbonyl (C=O) groups is 1. The number of ether oxygens (including phenoxy) is 1. The fourth-order valence-corrected chi connectivity index (χ4v) is 4.54. The molecule has 140 valence electrons. The SMILES string of the molecule is COCCCn1c(=O)[nH]c(=O)c2c3c(cnc21)C(=O)CC(c1cccs1)C3. The third-order valence-corrected chi connectivity index (χ3v) is 6.01. The quantitative estimate of drug-likeness (QED) is 0.679. The predicted molar refractivity (Wildman–Crippen MR) is 103 cm³/mol. The lowest BCUT2D eigenvalue weighted by Gasteiger charge is -2.24. The van der Waals surface area contributed by atoms with Crippen molar-refractivity contribution in [3.8, 4) is 0 Å². The molecule has 0 radical (unpaired) electrons. The van der Waals surface area contributed by atoms with Crippen molar-refractivity contribution in [1.82, 2.24) is 14.5 Å². The molecule has 27 heavy (non-hydrogen) atoms. The van der Waals surface area contributed by atoms with Gasteiger partial charge in [0.05, 0.1) is 5.39 Å². The monoisotopic (exact) mass is 385 g/mol. The summed E-state index contributed by atoms with van der Waals surface area (Å²) in [5.74, 6) is 0.0319. The van der Waals surface area contributed by atoms with E-state index in [1.807, 2.05) is 17.5 Å². The average Bonchev–Trinajstić information content (AvgIpc) is 3.18. The first-order valence-electron chi connectivity index (χ1n) is 8.80. The second-order valence-electron chi connectivity index (χ2n) is 6.65. The summed E-state index contributed by atoms with van der Waals surface area (Å²) in [6, 6.07) is 3.98. The number of pyridine rings is 1. The zero-order chi connectivity index (χ0) is 19.0. The van der Waals surface area contributed by atoms with E-state index in [1.165, 1.54) is 10.8 Å². The molecular formula is C19H19N3O4S. The summed E-state index contributed by atoms with van der Waals surface area (Å²) in [4.78, 5) is 45.4. The molecule has 3 aromatic heterocycles. The van der Waals surface area contributed by atoms with E-state index >= 15 is 0 Å². The summed E-state index contributed by atoms with van der Waals surface area (Å²) in [5.41, 5.74) is 0.535. The van der Waals surface area contributed by atoms with E-state index in [-0.39, 0.29) is 11.7 Å². The van der Waals surface area contributed by atoms with Gasteiger partial charge >= 0.3 is 5.69 Å². The Balaban J connectivity index is 1.88. The molecule has 1 atom stereocenters. The summed E-state index contributed by atoms with van der Waals surface area (Å²) < 4.78 is 6.50. The van der Waals surface area contributed by atoms with E-state index in [0.717, 1.165) is 4.88 Å². The normalized spacial score (nSPS) is 16.6. The maximum atomic E-state index is 12.7. The van der Waals surface area contributed by atoms with Gasteiger partial charge < -0.3 is 4.74 Å². The van der Waals surface area contributed by atoms with Gasteiger partial charge in [-0.05, 0) is 29.9 Å². The molecule has 0 aromatic carbocycles. The number of aromatic amines is 1. The first-order chi connectivity index (χ1) is 13.1. The summed E-state index contributed by atoms with van der Waals surface area (Å²) in [6.07, 6.45) is 3.12. The van der Waals surface area contributed by atoms with E-state index in [0.29, 0.717) is 54.6 Å². The van der Waals surface area contributed by atoms with Crippen LogP contribution in [-0.2, 0) is 17.7 Å². The Hall–Kier alpha value is -2.58. The van der Waals surface area contributed by atoms with Crippen LogP contribution in [0, 0.1) is 0 Å². The first-order valence-corrected chi connectivity index (χ1v) is 9.68. The number of rotatable bonds is 5. The van der Waals surface area contributed by atoms with Crippen molar-refractivity contribution >= 4 is 28.2 Å². The van der Waals surface area contributed by atoms with Crippen LogP contribution in [0.3, 0.4) is 0 Å². The van der Waals surface area contributed by atoms with Crippen LogP contribution in [0.15, 0.2) is 33.3 Å². The minimum atomic E-state index is -0.493. The predicted octanol–water partition coefficient (Wildman–Crippen LogP) is 2.10. The molecule has 7 nitrogen and oxygen atoms in total. The van der Waals surface area contributed by atoms with Crippen LogP contribution in [0.1, 0.15) is 39.6 Å². The number of carbonyl (C=O) groups excluding carboxylic acids is 1. The van der Waals surface area contributed by atoms with Gasteiger partial charge in [0.2, 0.25) is 0 Å². The standard InChI is InChI=1S/C19H19N3O4S/c1-26-6-3-5-22-17-16(18(24)21-19(22)25)12-8-11(15-4-2-7-27-15)9-14(23)13(12)10-20-17/h2,4,7,10-11H,3,5-6,8-9H2,1H3,(H,21,24,25). The first kappa shape index (κ1) is 17.8. The molecular weight excluding hydrogens is 366 g/mol. The highest BCUT2D eigenvalue weighted by Crippen LogP contribution is 2.36. The zero-order valence-corrected chi connectivity index (χ0v) is 15.7. The Kier molecular flexibility index (Phi) is 4.75. The van der Waals surface area contributed by atoms with Crippen LogP contribution in [0.2, 0.25) is 0 Å². The Labute approximate surface area is 158 Å². The van der Waals surface area contributed by atoms with E-state index in [2.05, 4.69) is 9.97 Å². The average molecular weight is 385 g/mol. The number of methoxy groups -OCH3 is 1. The molecule has 3 heterocycles. The van der Waals surface area contributed by atoms with Crippen molar-refractivity contribution in [2.24, 2.45) is 0 Å². The zero-order valence-electron chi connectivity index (χ0n) is 14.9. The summed E-state index contributed by atoms with van der Waals surface area (Å²) in [7, 11) is 1.60. The molecule has 0 spiro atoms. The molecule has 0 bridgehead atoms. The van der Waals surface area contributed by atoms with Crippen molar-refractivity contribution in [2.45, 2.75) is 31.7 Å². The van der Waals surface area contributed by atoms with Crippen LogP contribution in [0.4, 0.5) is 0 Å². The van der Waals surface area contributed by atoms with Crippen LogP contribution in [0.5, 0.6) is 0 Å². The Morgan fingerprint density at radius 2 is 2.19 bits per heavy atom. The van der Waals surface area contributed by atoms with E-state index in [1.54, 1.807) is 18.4 Å². The number of thiophene rings is 1. The molecule has 3 aromatic rings. The van der Waals surface area contributed by atoms with Gasteiger partial charge in [-0.1, -0.05) is 6.07 Å². The van der Waals surface area contributed by atoms with Gasteiger partial charge in [0.1, 0.15) is 5.65 Å². The number of hydrogen-bond donors (Lipinski definition) is 1. The number of nitrogens with one attached hydrogen (secondary N) is 1. The van der Waals surface area contributed by atoms with Gasteiger partial charge in [0.25, 0.3) is 5.56 Å². The Morgan fingerprint density at radius 3 is 2.93 bits per heavy atom. The second-order valence-corrected chi connectivity index (χ2v) is 7.63. The molecule has 0 amide bonds. The van der Waals surface area contributed by atoms with E-state index in [4.69, 9.17) is 4.74 Å². The number of ketones is 1. The van der Waals surface area contributed by atoms with Gasteiger partial charge in [-0.25, -0.2) is 9.78 Å². The van der Waals surface area contributed by atoms with Crippen LogP contribution >= 0.6 is 11.3 Å². The molecule has 0 saturated heterocycles. The number of hydrogen-bond acceptors (Lipinski definition) is 6. The topological polar surface area (TPSA) is 94.1 Å². The van der Waals surface area contributed by atoms with Gasteiger partial charge in [-0.3, -0.25) is 19.1 Å². The van der Waals surface area contributed by atoms with Crippen molar-refractivity contribution in [1.29, 1.82) is 0 Å². The Morgan fingerprint density at radius 1 is 1.33 bits per heavy atom. The third-order valence-electron chi connectivity index (χ3n) is 4.97. The van der Waals surface area contributed by atoms with Gasteiger partial charge in [0, 0.05) is 49.2 Å². The van der Waals surface area contributed by atoms with Gasteiger partial charge in [-0.2, -0.15) is 0 Å². The van der Waals surface area contributed by atoms with Crippen LogP contribution < -0.4 is 11.2 Å². The molecule has 1 aliphatic rings. The number of Topliss-reactive ketones (excluding diaryl/α,β-unsaturated/α-hetero) is 1. The third kappa shape index (κ3) is 3.15. The fraction of sp³-hybridized carbons (Fsp3) is 0.368. The highest BCUT2D eigenvalue weighted by atomic mass is 32.1. The molecule has 1 aliphatic carbocycles. The van der Waals surface area contributed by atoms with Gasteiger partial charge in [-0.15, -0.1) is 11.3 Å². The smallest absolute Gasteiger partial charge is 0.329 e. The number of H-pyrrole nitrogens is 1. The van der Waals surface area contributed by atoms with E-state index < -0.39 is 11.2 Å². The van der Waals surface area contributed by atoms with Crippen molar-refractivity contribution < 1.29 is 9.53 Å². The molecule has 8 heteroatoms. The van der Waals surface area contributed by atoms with Crippen molar-refractivity contribution in [3.63, 3.8) is 0 Å². The molecule has 0 fully saturated rings. The molecule has 0 saturated carbocycles. The summed E-state index contributed by atoms with van der Waals surface area (Å²) >= 11 is 1.61. The van der Waals surface area contributed by atoms with Crippen molar-refractivity contribution in [3.05, 3.63) is 60.6 Å². The number of nitrogens with zero attached hydrogens (tertiary/aromatic N) is 2. The van der Waals surface area contributed by atoms with Crippen LogP contribution in [-0.4, -0.2) is 34.0 Å². The van der Waals surface area contributed by atoms with E-state index in [9.17, 15) is 14.4 Å². The molecule has 1 unspecified atom stereocenters. The summed E-state index contributed by atoms with van der Waals surface area (Å²) in [5, 5.41) is 2.33. The summed E-state index contributed by atoms with van der Waals surface area (Å²) in [6.45, 7) is 0.880. The molecule has 4 rings (SSSR count). The maximum absolute atomic E-state index is 12.7. The lowest BCUT2D eigenvalue weighted by atomic mass is 9.82. The highest BCUT2D eigenvalue weighted by Gasteiger charge is 2.30.